The van der Waals surface area contributed by atoms with Crippen molar-refractivity contribution >= 4 is 33.5 Å². The fraction of sp³-hybridized carbons (Fsp3) is 0.176. The molecule has 0 spiro atoms. The first-order valence-corrected chi connectivity index (χ1v) is 13.0. The number of methoxy groups -OCH3 is 6. The number of fused-ring (bicyclic) bond motifs is 2. The standard InChI is InChI=1S/C34H30O8/c1-37-27-15-23-24(16-28(27)38-2)32(20-9-13-22(14-10-20)34(36)42-6)26-18-30(40-4)29(39-3)17-25(26)31(23)19-7-11-21(12-8-19)33(35)41-5/h7-18H,1-6H3. The molecule has 0 saturated carbocycles. The predicted molar refractivity (Wildman–Crippen MR) is 161 cm³/mol. The monoisotopic (exact) mass is 566 g/mol. The van der Waals surface area contributed by atoms with Crippen LogP contribution in [0.1, 0.15) is 20.7 Å². The molecule has 0 unspecified atom stereocenters. The quantitative estimate of drug-likeness (QED) is 0.148. The molecular weight excluding hydrogens is 536 g/mol. The van der Waals surface area contributed by atoms with Crippen LogP contribution in [0.3, 0.4) is 0 Å². The second kappa shape index (κ2) is 11.7. The molecule has 42 heavy (non-hydrogen) atoms. The number of carbonyl (C=O) groups is 2. The van der Waals surface area contributed by atoms with E-state index in [0.29, 0.717) is 34.1 Å². The summed E-state index contributed by atoms with van der Waals surface area (Å²) >= 11 is 0. The van der Waals surface area contributed by atoms with E-state index in [4.69, 9.17) is 28.4 Å². The van der Waals surface area contributed by atoms with Crippen LogP contribution in [0.15, 0.2) is 72.8 Å². The summed E-state index contributed by atoms with van der Waals surface area (Å²) in [5.41, 5.74) is 4.40. The molecule has 0 bridgehead atoms. The van der Waals surface area contributed by atoms with Crippen LogP contribution in [0.2, 0.25) is 0 Å². The SMILES string of the molecule is COC(=O)c1ccc(-c2c3cc(OC)c(OC)cc3c(-c3ccc(C(=O)OC)cc3)c3cc(OC)c(OC)cc23)cc1. The molecule has 5 aromatic rings. The fourth-order valence-electron chi connectivity index (χ4n) is 5.28. The average molecular weight is 567 g/mol. The molecule has 0 fully saturated rings. The Balaban J connectivity index is 1.96. The largest absolute Gasteiger partial charge is 0.493 e. The van der Waals surface area contributed by atoms with Crippen molar-refractivity contribution in [3.05, 3.63) is 83.9 Å². The number of rotatable bonds is 8. The molecule has 8 heteroatoms. The Hall–Kier alpha value is -5.24. The van der Waals surface area contributed by atoms with Gasteiger partial charge in [-0.15, -0.1) is 0 Å². The van der Waals surface area contributed by atoms with Crippen molar-refractivity contribution in [2.75, 3.05) is 42.7 Å². The molecule has 8 nitrogen and oxygen atoms in total. The van der Waals surface area contributed by atoms with Gasteiger partial charge in [-0.25, -0.2) is 9.59 Å². The molecular formula is C34H30O8. The van der Waals surface area contributed by atoms with E-state index in [-0.39, 0.29) is 0 Å². The third kappa shape index (κ3) is 4.81. The van der Waals surface area contributed by atoms with E-state index in [1.807, 2.05) is 48.5 Å². The maximum atomic E-state index is 12.2. The first-order chi connectivity index (χ1) is 20.4. The molecule has 5 rings (SSSR count). The molecule has 0 aliphatic heterocycles. The number of benzene rings is 5. The summed E-state index contributed by atoms with van der Waals surface area (Å²) in [6.45, 7) is 0. The highest BCUT2D eigenvalue weighted by atomic mass is 16.5. The van der Waals surface area contributed by atoms with Gasteiger partial charge in [0.2, 0.25) is 0 Å². The second-order valence-corrected chi connectivity index (χ2v) is 9.39. The minimum Gasteiger partial charge on any atom is -0.493 e. The summed E-state index contributed by atoms with van der Waals surface area (Å²) < 4.78 is 32.6. The van der Waals surface area contributed by atoms with Crippen LogP contribution in [0, 0.1) is 0 Å². The molecule has 0 aliphatic rings. The molecule has 0 amide bonds. The van der Waals surface area contributed by atoms with Gasteiger partial charge < -0.3 is 28.4 Å². The van der Waals surface area contributed by atoms with Crippen LogP contribution >= 0.6 is 0 Å². The zero-order valence-corrected chi connectivity index (χ0v) is 24.2. The molecule has 0 radical (unpaired) electrons. The van der Waals surface area contributed by atoms with Gasteiger partial charge in [0.15, 0.2) is 23.0 Å². The zero-order chi connectivity index (χ0) is 30.0. The van der Waals surface area contributed by atoms with Crippen molar-refractivity contribution in [1.29, 1.82) is 0 Å². The fourth-order valence-corrected chi connectivity index (χ4v) is 5.28. The van der Waals surface area contributed by atoms with Crippen LogP contribution in [0.25, 0.3) is 43.8 Å². The summed E-state index contributed by atoms with van der Waals surface area (Å²) in [6, 6.07) is 22.3. The van der Waals surface area contributed by atoms with Crippen molar-refractivity contribution < 1.29 is 38.0 Å². The van der Waals surface area contributed by atoms with Gasteiger partial charge in [-0.05, 0) is 92.3 Å². The van der Waals surface area contributed by atoms with Crippen molar-refractivity contribution in [3.8, 4) is 45.3 Å². The smallest absolute Gasteiger partial charge is 0.337 e. The highest BCUT2D eigenvalue weighted by Crippen LogP contribution is 2.49. The lowest BCUT2D eigenvalue weighted by molar-refractivity contribution is 0.0592. The molecule has 0 atom stereocenters. The summed E-state index contributed by atoms with van der Waals surface area (Å²) in [5.74, 6) is 1.40. The number of ether oxygens (including phenoxy) is 6. The lowest BCUT2D eigenvalue weighted by Gasteiger charge is -2.21. The Kier molecular flexibility index (Phi) is 7.88. The van der Waals surface area contributed by atoms with Gasteiger partial charge in [0.05, 0.1) is 53.8 Å². The van der Waals surface area contributed by atoms with Crippen molar-refractivity contribution in [2.45, 2.75) is 0 Å². The summed E-state index contributed by atoms with van der Waals surface area (Å²) in [7, 11) is 9.08. The normalized spacial score (nSPS) is 10.8. The summed E-state index contributed by atoms with van der Waals surface area (Å²) in [5, 5.41) is 3.52. The Morgan fingerprint density at radius 1 is 0.429 bits per heavy atom. The second-order valence-electron chi connectivity index (χ2n) is 9.39. The number of esters is 2. The molecule has 0 saturated heterocycles. The van der Waals surface area contributed by atoms with Crippen LogP contribution < -0.4 is 18.9 Å². The van der Waals surface area contributed by atoms with Crippen LogP contribution in [0.4, 0.5) is 0 Å². The lowest BCUT2D eigenvalue weighted by atomic mass is 9.85. The molecule has 0 heterocycles. The maximum Gasteiger partial charge on any atom is 0.337 e. The van der Waals surface area contributed by atoms with Gasteiger partial charge in [-0.2, -0.15) is 0 Å². The first-order valence-electron chi connectivity index (χ1n) is 13.0. The minimum absolute atomic E-state index is 0.417. The van der Waals surface area contributed by atoms with Gasteiger partial charge in [-0.1, -0.05) is 24.3 Å². The lowest BCUT2D eigenvalue weighted by Crippen LogP contribution is -2.01. The topological polar surface area (TPSA) is 89.5 Å². The van der Waals surface area contributed by atoms with E-state index in [2.05, 4.69) is 0 Å². The number of carbonyl (C=O) groups excluding carboxylic acids is 2. The molecule has 0 N–H and O–H groups in total. The first kappa shape index (κ1) is 28.3. The van der Waals surface area contributed by atoms with E-state index >= 15 is 0 Å². The Bertz CT molecular complexity index is 1600. The third-order valence-electron chi connectivity index (χ3n) is 7.31. The molecule has 214 valence electrons. The van der Waals surface area contributed by atoms with Crippen molar-refractivity contribution in [2.24, 2.45) is 0 Å². The van der Waals surface area contributed by atoms with Crippen molar-refractivity contribution in [1.82, 2.24) is 0 Å². The third-order valence-corrected chi connectivity index (χ3v) is 7.31. The summed E-state index contributed by atoms with van der Waals surface area (Å²) in [6.07, 6.45) is 0. The maximum absolute atomic E-state index is 12.2. The molecule has 5 aromatic carbocycles. The zero-order valence-electron chi connectivity index (χ0n) is 24.2. The molecule has 0 aromatic heterocycles. The molecule has 0 aliphatic carbocycles. The highest BCUT2D eigenvalue weighted by molar-refractivity contribution is 6.22. The van der Waals surface area contributed by atoms with Crippen LogP contribution in [-0.2, 0) is 9.47 Å². The van der Waals surface area contributed by atoms with E-state index in [0.717, 1.165) is 43.8 Å². The Morgan fingerprint density at radius 3 is 0.905 bits per heavy atom. The average Bonchev–Trinajstić information content (AvgIpc) is 3.05. The minimum atomic E-state index is -0.417. The van der Waals surface area contributed by atoms with Gasteiger partial charge in [-0.3, -0.25) is 0 Å². The Labute approximate surface area is 243 Å². The van der Waals surface area contributed by atoms with Gasteiger partial charge in [0, 0.05) is 0 Å². The van der Waals surface area contributed by atoms with Crippen LogP contribution in [-0.4, -0.2) is 54.6 Å². The highest BCUT2D eigenvalue weighted by Gasteiger charge is 2.22. The van der Waals surface area contributed by atoms with E-state index in [1.54, 1.807) is 52.7 Å². The van der Waals surface area contributed by atoms with E-state index < -0.39 is 11.9 Å². The van der Waals surface area contributed by atoms with Gasteiger partial charge in [0.1, 0.15) is 0 Å². The number of hydrogen-bond donors (Lipinski definition) is 0. The Morgan fingerprint density at radius 2 is 0.690 bits per heavy atom. The van der Waals surface area contributed by atoms with E-state index in [9.17, 15) is 9.59 Å². The van der Waals surface area contributed by atoms with Crippen molar-refractivity contribution in [3.63, 3.8) is 0 Å². The van der Waals surface area contributed by atoms with Crippen LogP contribution in [0.5, 0.6) is 23.0 Å². The van der Waals surface area contributed by atoms with Gasteiger partial charge >= 0.3 is 11.9 Å². The van der Waals surface area contributed by atoms with Gasteiger partial charge in [0.25, 0.3) is 0 Å². The summed E-state index contributed by atoms with van der Waals surface area (Å²) in [4.78, 5) is 24.3. The number of hydrogen-bond acceptors (Lipinski definition) is 8. The van der Waals surface area contributed by atoms with E-state index in [1.165, 1.54) is 14.2 Å². The predicted octanol–water partition coefficient (Wildman–Crippen LogP) is 6.93.